The maximum absolute atomic E-state index is 4.74. The van der Waals surface area contributed by atoms with E-state index in [2.05, 4.69) is 67.5 Å². The molecule has 0 aliphatic heterocycles. The fraction of sp³-hybridized carbons (Fsp3) is 0.632. The smallest absolute Gasteiger partial charge is 0.191 e. The Morgan fingerprint density at radius 2 is 1.88 bits per heavy atom. The summed E-state index contributed by atoms with van der Waals surface area (Å²) >= 11 is 3.51. The normalized spacial score (nSPS) is 12.5. The molecule has 0 atom stereocenters. The highest BCUT2D eigenvalue weighted by Crippen LogP contribution is 2.24. The number of thiazole rings is 2. The Kier molecular flexibility index (Phi) is 7.58. The van der Waals surface area contributed by atoms with E-state index in [1.165, 1.54) is 15.6 Å². The van der Waals surface area contributed by atoms with Gasteiger partial charge in [0.2, 0.25) is 0 Å². The molecule has 2 rings (SSSR count). The maximum atomic E-state index is 4.74. The summed E-state index contributed by atoms with van der Waals surface area (Å²) in [5.41, 5.74) is 2.42. The van der Waals surface area contributed by atoms with Crippen LogP contribution < -0.4 is 10.6 Å². The van der Waals surface area contributed by atoms with Crippen molar-refractivity contribution in [1.82, 2.24) is 20.6 Å². The number of rotatable bonds is 7. The minimum absolute atomic E-state index is 0.112. The van der Waals surface area contributed by atoms with Crippen molar-refractivity contribution in [2.45, 2.75) is 59.8 Å². The molecule has 0 radical (unpaired) electrons. The molecule has 26 heavy (non-hydrogen) atoms. The van der Waals surface area contributed by atoms with Crippen molar-refractivity contribution in [1.29, 1.82) is 0 Å². The zero-order valence-electron chi connectivity index (χ0n) is 16.8. The number of guanidine groups is 1. The number of aryl methyl sites for hydroxylation is 2. The molecule has 0 amide bonds. The summed E-state index contributed by atoms with van der Waals surface area (Å²) < 4.78 is 0. The zero-order valence-corrected chi connectivity index (χ0v) is 18.4. The molecule has 0 aliphatic rings. The fourth-order valence-corrected chi connectivity index (χ4v) is 4.26. The third-order valence-electron chi connectivity index (χ3n) is 3.96. The number of nitrogens with zero attached hydrogens (tertiary/aromatic N) is 3. The van der Waals surface area contributed by atoms with Gasteiger partial charge in [0, 0.05) is 48.1 Å². The molecular weight excluding hydrogens is 362 g/mol. The van der Waals surface area contributed by atoms with Crippen molar-refractivity contribution >= 4 is 28.6 Å². The largest absolute Gasteiger partial charge is 0.357 e. The van der Waals surface area contributed by atoms with Crippen LogP contribution in [0.4, 0.5) is 0 Å². The van der Waals surface area contributed by atoms with Crippen LogP contribution in [-0.4, -0.2) is 35.6 Å². The van der Waals surface area contributed by atoms with E-state index in [4.69, 9.17) is 4.98 Å². The molecule has 0 fully saturated rings. The highest BCUT2D eigenvalue weighted by Gasteiger charge is 2.17. The number of nitrogens with one attached hydrogen (secondary N) is 2. The molecule has 0 aliphatic carbocycles. The van der Waals surface area contributed by atoms with Crippen molar-refractivity contribution in [3.05, 3.63) is 31.7 Å². The predicted molar refractivity (Wildman–Crippen MR) is 114 cm³/mol. The van der Waals surface area contributed by atoms with E-state index < -0.39 is 0 Å². The second kappa shape index (κ2) is 9.46. The molecule has 0 unspecified atom stereocenters. The highest BCUT2D eigenvalue weighted by atomic mass is 32.1. The maximum Gasteiger partial charge on any atom is 0.191 e. The van der Waals surface area contributed by atoms with Crippen molar-refractivity contribution in [3.8, 4) is 0 Å². The summed E-state index contributed by atoms with van der Waals surface area (Å²) in [4.78, 5) is 15.3. The van der Waals surface area contributed by atoms with Crippen LogP contribution in [0.1, 0.15) is 54.0 Å². The lowest BCUT2D eigenvalue weighted by Gasteiger charge is -2.14. The van der Waals surface area contributed by atoms with Gasteiger partial charge in [-0.25, -0.2) is 9.97 Å². The Labute approximate surface area is 165 Å². The van der Waals surface area contributed by atoms with E-state index >= 15 is 0 Å². The van der Waals surface area contributed by atoms with E-state index in [-0.39, 0.29) is 5.41 Å². The molecule has 2 aromatic heterocycles. The summed E-state index contributed by atoms with van der Waals surface area (Å²) in [5.74, 6) is 0.866. The van der Waals surface area contributed by atoms with Gasteiger partial charge >= 0.3 is 0 Å². The van der Waals surface area contributed by atoms with Crippen LogP contribution in [0.25, 0.3) is 0 Å². The number of aromatic nitrogens is 2. The molecule has 7 heteroatoms. The first kappa shape index (κ1) is 20.8. The lowest BCUT2D eigenvalue weighted by atomic mass is 9.93. The Morgan fingerprint density at radius 1 is 1.12 bits per heavy atom. The predicted octanol–water partition coefficient (Wildman–Crippen LogP) is 3.85. The first-order valence-electron chi connectivity index (χ1n) is 9.19. The van der Waals surface area contributed by atoms with Gasteiger partial charge in [0.1, 0.15) is 0 Å². The van der Waals surface area contributed by atoms with Crippen LogP contribution in [0.2, 0.25) is 0 Å². The van der Waals surface area contributed by atoms with Crippen molar-refractivity contribution in [2.24, 2.45) is 4.99 Å². The highest BCUT2D eigenvalue weighted by molar-refractivity contribution is 7.11. The van der Waals surface area contributed by atoms with Gasteiger partial charge in [-0.15, -0.1) is 22.7 Å². The first-order valence-corrected chi connectivity index (χ1v) is 10.9. The summed E-state index contributed by atoms with van der Waals surface area (Å²) in [6.07, 6.45) is 1.80. The minimum Gasteiger partial charge on any atom is -0.357 e. The van der Waals surface area contributed by atoms with Gasteiger partial charge in [0.05, 0.1) is 21.4 Å². The second-order valence-corrected chi connectivity index (χ2v) is 9.54. The van der Waals surface area contributed by atoms with Gasteiger partial charge in [0.15, 0.2) is 5.96 Å². The summed E-state index contributed by atoms with van der Waals surface area (Å²) in [6.45, 7) is 15.3. The molecule has 2 N–H and O–H groups in total. The van der Waals surface area contributed by atoms with Gasteiger partial charge in [-0.2, -0.15) is 0 Å². The molecule has 0 saturated carbocycles. The van der Waals surface area contributed by atoms with Crippen LogP contribution >= 0.6 is 22.7 Å². The van der Waals surface area contributed by atoms with E-state index in [0.29, 0.717) is 0 Å². The van der Waals surface area contributed by atoms with Crippen LogP contribution in [0.5, 0.6) is 0 Å². The fourth-order valence-electron chi connectivity index (χ4n) is 2.31. The van der Waals surface area contributed by atoms with E-state index in [0.717, 1.165) is 49.1 Å². The average Bonchev–Trinajstić information content (AvgIpc) is 3.14. The van der Waals surface area contributed by atoms with E-state index in [1.807, 2.05) is 0 Å². The molecule has 2 heterocycles. The van der Waals surface area contributed by atoms with Crippen molar-refractivity contribution in [3.63, 3.8) is 0 Å². The third kappa shape index (κ3) is 6.36. The lowest BCUT2D eigenvalue weighted by molar-refractivity contribution is 0.571. The summed E-state index contributed by atoms with van der Waals surface area (Å²) in [7, 11) is 0. The monoisotopic (exact) mass is 393 g/mol. The van der Waals surface area contributed by atoms with E-state index in [1.54, 1.807) is 22.7 Å². The van der Waals surface area contributed by atoms with Crippen molar-refractivity contribution < 1.29 is 0 Å². The molecule has 0 saturated heterocycles. The Hall–Kier alpha value is -1.47. The van der Waals surface area contributed by atoms with Gasteiger partial charge in [0.25, 0.3) is 0 Å². The quantitative estimate of drug-likeness (QED) is 0.554. The third-order valence-corrected chi connectivity index (χ3v) is 6.01. The Bertz CT molecular complexity index is 705. The number of hydrogen-bond donors (Lipinski definition) is 2. The lowest BCUT2D eigenvalue weighted by Crippen LogP contribution is -2.38. The summed E-state index contributed by atoms with van der Waals surface area (Å²) in [5, 5.41) is 11.2. The van der Waals surface area contributed by atoms with Gasteiger partial charge in [-0.3, -0.25) is 4.99 Å². The molecule has 0 aromatic carbocycles. The van der Waals surface area contributed by atoms with Gasteiger partial charge in [-0.1, -0.05) is 20.8 Å². The Morgan fingerprint density at radius 3 is 2.46 bits per heavy atom. The molecule has 5 nitrogen and oxygen atoms in total. The molecule has 0 bridgehead atoms. The Balaban J connectivity index is 1.82. The van der Waals surface area contributed by atoms with Crippen LogP contribution in [0.3, 0.4) is 0 Å². The molecule has 144 valence electrons. The first-order chi connectivity index (χ1) is 12.3. The molecule has 2 aromatic rings. The van der Waals surface area contributed by atoms with Gasteiger partial charge < -0.3 is 10.6 Å². The van der Waals surface area contributed by atoms with Crippen molar-refractivity contribution in [2.75, 3.05) is 19.6 Å². The standard InChI is InChI=1S/C19H31N5S2/c1-7-20-18(22-11-9-17-23-13(2)14(3)26-17)21-10-8-16-24-15(12-25-16)19(4,5)6/h12H,7-11H2,1-6H3,(H2,20,21,22). The van der Waals surface area contributed by atoms with E-state index in [9.17, 15) is 0 Å². The van der Waals surface area contributed by atoms with Gasteiger partial charge in [-0.05, 0) is 20.8 Å². The second-order valence-electron chi connectivity index (χ2n) is 7.31. The number of aliphatic imine (C=N–C) groups is 1. The zero-order chi connectivity index (χ0) is 19.2. The minimum atomic E-state index is 0.112. The van der Waals surface area contributed by atoms with Crippen LogP contribution in [-0.2, 0) is 18.3 Å². The molecule has 0 spiro atoms. The average molecular weight is 394 g/mol. The molecular formula is C19H31N5S2. The summed E-state index contributed by atoms with van der Waals surface area (Å²) in [6, 6.07) is 0. The number of hydrogen-bond acceptors (Lipinski definition) is 5. The SMILES string of the molecule is CCNC(=NCCc1nc(C(C)(C)C)cs1)NCCc1nc(C)c(C)s1. The van der Waals surface area contributed by atoms with Crippen LogP contribution in [0.15, 0.2) is 10.4 Å². The topological polar surface area (TPSA) is 62.2 Å². The van der Waals surface area contributed by atoms with Crippen LogP contribution in [0, 0.1) is 13.8 Å².